The van der Waals surface area contributed by atoms with E-state index in [2.05, 4.69) is 10.6 Å². The number of rotatable bonds is 4. The van der Waals surface area contributed by atoms with Gasteiger partial charge < -0.3 is 19.7 Å². The smallest absolute Gasteiger partial charge is 0.419 e. The molecular formula is C29H36N4O5. The van der Waals surface area contributed by atoms with Gasteiger partial charge in [-0.05, 0) is 97.1 Å². The number of nitrogens with zero attached hydrogens (tertiary/aromatic N) is 2. The van der Waals surface area contributed by atoms with Crippen LogP contribution in [0.1, 0.15) is 63.0 Å². The number of aromatic nitrogens is 1. The number of nitrogens with one attached hydrogen (secondary N) is 2. The van der Waals surface area contributed by atoms with Crippen LogP contribution in [0.5, 0.6) is 0 Å². The predicted molar refractivity (Wildman–Crippen MR) is 147 cm³/mol. The van der Waals surface area contributed by atoms with Gasteiger partial charge in [0, 0.05) is 29.7 Å². The Morgan fingerprint density at radius 1 is 1.00 bits per heavy atom. The van der Waals surface area contributed by atoms with Crippen LogP contribution in [-0.2, 0) is 22.6 Å². The first-order valence-electron chi connectivity index (χ1n) is 12.6. The molecule has 202 valence electrons. The molecule has 2 N–H and O–H groups in total. The Morgan fingerprint density at radius 3 is 2.32 bits per heavy atom. The van der Waals surface area contributed by atoms with Crippen molar-refractivity contribution < 1.29 is 23.9 Å². The summed E-state index contributed by atoms with van der Waals surface area (Å²) in [6, 6.07) is 11.1. The minimum atomic E-state index is -0.727. The largest absolute Gasteiger partial charge is 0.444 e. The molecule has 2 aromatic carbocycles. The molecule has 0 unspecified atom stereocenters. The normalized spacial score (nSPS) is 13.4. The standard InChI is InChI=1S/C29H36N4O5/c1-28(2,3)37-26(35)31-20-9-10-22-18(13-20)14-23(33(22)27(36)38-29(4,5)6)21-12-17(16-32(7)8)11-19-15-30-25(34)24(19)21/h9-14H,15-16H2,1-8H3,(H,30,34)(H,31,35). The Kier molecular flexibility index (Phi) is 7.01. The molecule has 4 rings (SSSR count). The molecule has 3 aromatic rings. The van der Waals surface area contributed by atoms with Crippen molar-refractivity contribution in [1.29, 1.82) is 0 Å². The van der Waals surface area contributed by atoms with E-state index in [1.54, 1.807) is 39.0 Å². The lowest BCUT2D eigenvalue weighted by Crippen LogP contribution is -2.27. The van der Waals surface area contributed by atoms with E-state index < -0.39 is 23.4 Å². The second-order valence-electron chi connectivity index (χ2n) is 11.8. The molecule has 1 aromatic heterocycles. The van der Waals surface area contributed by atoms with Crippen molar-refractivity contribution in [3.63, 3.8) is 0 Å². The summed E-state index contributed by atoms with van der Waals surface area (Å²) >= 11 is 0. The first-order valence-corrected chi connectivity index (χ1v) is 12.6. The van der Waals surface area contributed by atoms with Crippen LogP contribution in [0.25, 0.3) is 22.2 Å². The molecule has 1 aliphatic heterocycles. The molecule has 0 bridgehead atoms. The van der Waals surface area contributed by atoms with E-state index in [0.717, 1.165) is 11.1 Å². The Bertz CT molecular complexity index is 1420. The first-order chi connectivity index (χ1) is 17.6. The molecular weight excluding hydrogens is 484 g/mol. The maximum absolute atomic E-state index is 13.5. The molecule has 1 aliphatic rings. The monoisotopic (exact) mass is 520 g/mol. The van der Waals surface area contributed by atoms with Crippen molar-refractivity contribution in [3.05, 3.63) is 53.1 Å². The lowest BCUT2D eigenvalue weighted by atomic mass is 9.96. The number of anilines is 1. The third-order valence-electron chi connectivity index (χ3n) is 5.74. The molecule has 0 saturated carbocycles. The van der Waals surface area contributed by atoms with Crippen molar-refractivity contribution in [2.45, 2.75) is 65.8 Å². The number of hydrogen-bond donors (Lipinski definition) is 2. The van der Waals surface area contributed by atoms with Crippen LogP contribution in [0.15, 0.2) is 36.4 Å². The zero-order valence-electron chi connectivity index (χ0n) is 23.3. The van der Waals surface area contributed by atoms with Crippen molar-refractivity contribution in [2.75, 3.05) is 19.4 Å². The maximum atomic E-state index is 13.5. The maximum Gasteiger partial charge on any atom is 0.419 e. The summed E-state index contributed by atoms with van der Waals surface area (Å²) in [4.78, 5) is 40.8. The van der Waals surface area contributed by atoms with E-state index in [9.17, 15) is 14.4 Å². The average Bonchev–Trinajstić information content (AvgIpc) is 3.30. The molecule has 0 radical (unpaired) electrons. The average molecular weight is 521 g/mol. The third kappa shape index (κ3) is 5.99. The zero-order valence-corrected chi connectivity index (χ0v) is 23.3. The number of carbonyl (C=O) groups excluding carboxylic acids is 3. The molecule has 9 nitrogen and oxygen atoms in total. The van der Waals surface area contributed by atoms with E-state index in [-0.39, 0.29) is 5.91 Å². The highest BCUT2D eigenvalue weighted by atomic mass is 16.6. The highest BCUT2D eigenvalue weighted by Gasteiger charge is 2.29. The van der Waals surface area contributed by atoms with Crippen LogP contribution in [-0.4, -0.2) is 52.9 Å². The van der Waals surface area contributed by atoms with E-state index in [1.807, 2.05) is 58.0 Å². The van der Waals surface area contributed by atoms with E-state index in [0.29, 0.717) is 46.5 Å². The minimum Gasteiger partial charge on any atom is -0.444 e. The van der Waals surface area contributed by atoms with Crippen LogP contribution in [0.2, 0.25) is 0 Å². The minimum absolute atomic E-state index is 0.181. The SMILES string of the molecule is CN(C)Cc1cc2c(c(-c3cc4cc(NC(=O)OC(C)(C)C)ccc4n3C(=O)OC(C)(C)C)c1)C(=O)NC2. The Morgan fingerprint density at radius 2 is 1.68 bits per heavy atom. The van der Waals surface area contributed by atoms with Crippen LogP contribution in [0.3, 0.4) is 0 Å². The fraction of sp³-hybridized carbons (Fsp3) is 0.414. The lowest BCUT2D eigenvalue weighted by Gasteiger charge is -2.22. The van der Waals surface area contributed by atoms with Gasteiger partial charge in [0.15, 0.2) is 0 Å². The zero-order chi connectivity index (χ0) is 28.0. The molecule has 38 heavy (non-hydrogen) atoms. The highest BCUT2D eigenvalue weighted by Crippen LogP contribution is 2.36. The van der Waals surface area contributed by atoms with E-state index in [1.165, 1.54) is 4.57 Å². The van der Waals surface area contributed by atoms with Crippen molar-refractivity contribution >= 4 is 34.7 Å². The Hall–Kier alpha value is -3.85. The van der Waals surface area contributed by atoms with Gasteiger partial charge in [-0.3, -0.25) is 10.1 Å². The van der Waals surface area contributed by atoms with Crippen LogP contribution in [0.4, 0.5) is 15.3 Å². The number of amides is 2. The molecule has 2 amide bonds. The molecule has 9 heteroatoms. The van der Waals surface area contributed by atoms with Crippen molar-refractivity contribution in [2.24, 2.45) is 0 Å². The first kappa shape index (κ1) is 27.2. The summed E-state index contributed by atoms with van der Waals surface area (Å²) in [7, 11) is 3.96. The van der Waals surface area contributed by atoms with Crippen LogP contribution >= 0.6 is 0 Å². The number of ether oxygens (including phenoxy) is 2. The number of benzene rings is 2. The molecule has 0 aliphatic carbocycles. The second kappa shape index (κ2) is 9.79. The number of carbonyl (C=O) groups is 3. The fourth-order valence-corrected chi connectivity index (χ4v) is 4.52. The predicted octanol–water partition coefficient (Wildman–Crippen LogP) is 5.74. The van der Waals surface area contributed by atoms with Gasteiger partial charge in [0.2, 0.25) is 0 Å². The van der Waals surface area contributed by atoms with Crippen LogP contribution < -0.4 is 10.6 Å². The molecule has 2 heterocycles. The Labute approximate surface area is 223 Å². The quantitative estimate of drug-likeness (QED) is 0.455. The summed E-state index contributed by atoms with van der Waals surface area (Å²) in [6.07, 6.45) is -1.13. The van der Waals surface area contributed by atoms with E-state index >= 15 is 0 Å². The van der Waals surface area contributed by atoms with Gasteiger partial charge in [0.1, 0.15) is 11.2 Å². The van der Waals surface area contributed by atoms with Crippen molar-refractivity contribution in [3.8, 4) is 11.3 Å². The highest BCUT2D eigenvalue weighted by molar-refractivity contribution is 6.07. The fourth-order valence-electron chi connectivity index (χ4n) is 4.52. The summed E-state index contributed by atoms with van der Waals surface area (Å²) in [5.74, 6) is -0.181. The summed E-state index contributed by atoms with van der Waals surface area (Å²) < 4.78 is 12.6. The van der Waals surface area contributed by atoms with Gasteiger partial charge in [-0.1, -0.05) is 6.07 Å². The summed E-state index contributed by atoms with van der Waals surface area (Å²) in [5.41, 5.74) is 3.39. The summed E-state index contributed by atoms with van der Waals surface area (Å²) in [5, 5.41) is 6.35. The molecule has 0 fully saturated rings. The van der Waals surface area contributed by atoms with Gasteiger partial charge in [-0.2, -0.15) is 0 Å². The molecule has 0 spiro atoms. The van der Waals surface area contributed by atoms with Gasteiger partial charge >= 0.3 is 12.2 Å². The van der Waals surface area contributed by atoms with Gasteiger partial charge in [-0.25, -0.2) is 14.2 Å². The summed E-state index contributed by atoms with van der Waals surface area (Å²) in [6.45, 7) is 11.9. The van der Waals surface area contributed by atoms with Gasteiger partial charge in [-0.15, -0.1) is 0 Å². The Balaban J connectivity index is 1.89. The van der Waals surface area contributed by atoms with Gasteiger partial charge in [0.25, 0.3) is 5.91 Å². The topological polar surface area (TPSA) is 102 Å². The van der Waals surface area contributed by atoms with E-state index in [4.69, 9.17) is 9.47 Å². The van der Waals surface area contributed by atoms with Crippen LogP contribution in [0, 0.1) is 0 Å². The molecule has 0 saturated heterocycles. The molecule has 0 atom stereocenters. The number of fused-ring (bicyclic) bond motifs is 2. The van der Waals surface area contributed by atoms with Gasteiger partial charge in [0.05, 0.1) is 16.8 Å². The van der Waals surface area contributed by atoms with Crippen molar-refractivity contribution in [1.82, 2.24) is 14.8 Å². The lowest BCUT2D eigenvalue weighted by molar-refractivity contribution is 0.0545. The second-order valence-corrected chi connectivity index (χ2v) is 11.8. The number of hydrogen-bond acceptors (Lipinski definition) is 6. The third-order valence-corrected chi connectivity index (χ3v) is 5.74.